The molecule has 0 spiro atoms. The molecule has 1 aliphatic rings. The summed E-state index contributed by atoms with van der Waals surface area (Å²) in [5.41, 5.74) is 1.87. The van der Waals surface area contributed by atoms with Crippen LogP contribution in [0.3, 0.4) is 0 Å². The van der Waals surface area contributed by atoms with E-state index in [9.17, 15) is 4.79 Å². The Kier molecular flexibility index (Phi) is 2.29. The minimum Gasteiger partial charge on any atom is -0.481 e. The van der Waals surface area contributed by atoms with Crippen LogP contribution >= 0.6 is 0 Å². The first kappa shape index (κ1) is 9.27. The number of furan rings is 1. The summed E-state index contributed by atoms with van der Waals surface area (Å²) in [5.74, 6) is 0.691. The number of rotatable bonds is 2. The molecule has 0 aromatic carbocycles. The van der Waals surface area contributed by atoms with Crippen molar-refractivity contribution in [3.63, 3.8) is 0 Å². The average molecular weight is 196 g/mol. The summed E-state index contributed by atoms with van der Waals surface area (Å²) in [6.07, 6.45) is 0.806. The smallest absolute Gasteiger partial charge is 0.307 e. The topological polar surface area (TPSA) is 59.7 Å². The minimum atomic E-state index is -0.816. The van der Waals surface area contributed by atoms with E-state index in [1.807, 2.05) is 0 Å². The van der Waals surface area contributed by atoms with Gasteiger partial charge in [-0.05, 0) is 13.3 Å². The molecule has 0 aliphatic carbocycles. The van der Waals surface area contributed by atoms with Crippen molar-refractivity contribution in [2.24, 2.45) is 0 Å². The molecule has 1 aliphatic heterocycles. The fraction of sp³-hybridized carbons (Fsp3) is 0.500. The summed E-state index contributed by atoms with van der Waals surface area (Å²) >= 11 is 0. The highest BCUT2D eigenvalue weighted by Gasteiger charge is 2.22. The Bertz CT molecular complexity index is 364. The molecule has 0 saturated heterocycles. The predicted molar refractivity (Wildman–Crippen MR) is 48.1 cm³/mol. The van der Waals surface area contributed by atoms with Gasteiger partial charge in [-0.15, -0.1) is 0 Å². The van der Waals surface area contributed by atoms with Crippen molar-refractivity contribution in [2.75, 3.05) is 6.61 Å². The highest BCUT2D eigenvalue weighted by Crippen LogP contribution is 2.27. The summed E-state index contributed by atoms with van der Waals surface area (Å²) in [7, 11) is 0. The Labute approximate surface area is 81.5 Å². The lowest BCUT2D eigenvalue weighted by Gasteiger charge is -2.11. The van der Waals surface area contributed by atoms with E-state index in [0.717, 1.165) is 23.3 Å². The van der Waals surface area contributed by atoms with Gasteiger partial charge in [0.2, 0.25) is 0 Å². The molecule has 0 fully saturated rings. The van der Waals surface area contributed by atoms with E-state index >= 15 is 0 Å². The fourth-order valence-corrected chi connectivity index (χ4v) is 1.82. The number of carboxylic acids is 1. The summed E-state index contributed by atoms with van der Waals surface area (Å²) in [6.45, 7) is 2.92. The predicted octanol–water partition coefficient (Wildman–Crippen LogP) is 1.29. The lowest BCUT2D eigenvalue weighted by molar-refractivity contribution is -0.136. The van der Waals surface area contributed by atoms with Crippen molar-refractivity contribution >= 4 is 5.97 Å². The van der Waals surface area contributed by atoms with Gasteiger partial charge in [0.25, 0.3) is 0 Å². The van der Waals surface area contributed by atoms with Crippen LogP contribution in [0.25, 0.3) is 0 Å². The molecule has 0 unspecified atom stereocenters. The van der Waals surface area contributed by atoms with Crippen molar-refractivity contribution in [1.29, 1.82) is 0 Å². The molecular weight excluding hydrogens is 184 g/mol. The number of aliphatic carboxylic acids is 1. The molecule has 0 radical (unpaired) electrons. The highest BCUT2D eigenvalue weighted by molar-refractivity contribution is 5.71. The normalized spacial score (nSPS) is 15.2. The second-order valence-corrected chi connectivity index (χ2v) is 3.41. The molecule has 1 aromatic rings. The van der Waals surface area contributed by atoms with Crippen LogP contribution in [0.4, 0.5) is 0 Å². The minimum absolute atomic E-state index is 0.0463. The second kappa shape index (κ2) is 3.46. The van der Waals surface area contributed by atoms with Crippen LogP contribution < -0.4 is 0 Å². The Hall–Kier alpha value is -1.29. The first-order chi connectivity index (χ1) is 6.68. The molecule has 0 amide bonds. The van der Waals surface area contributed by atoms with Crippen molar-refractivity contribution < 1.29 is 19.1 Å². The third-order valence-corrected chi connectivity index (χ3v) is 2.46. The Morgan fingerprint density at radius 1 is 1.57 bits per heavy atom. The lowest BCUT2D eigenvalue weighted by Crippen LogP contribution is -2.11. The molecule has 2 rings (SSSR count). The molecule has 1 N–H and O–H groups in total. The maximum Gasteiger partial charge on any atom is 0.307 e. The third-order valence-electron chi connectivity index (χ3n) is 2.46. The van der Waals surface area contributed by atoms with Gasteiger partial charge in [-0.1, -0.05) is 0 Å². The zero-order valence-corrected chi connectivity index (χ0v) is 8.00. The Balaban J connectivity index is 2.37. The quantitative estimate of drug-likeness (QED) is 0.774. The van der Waals surface area contributed by atoms with Crippen LogP contribution in [-0.2, 0) is 29.0 Å². The average Bonchev–Trinajstić information content (AvgIpc) is 2.43. The number of hydrogen-bond donors (Lipinski definition) is 1. The van der Waals surface area contributed by atoms with Crippen LogP contribution in [0, 0.1) is 6.92 Å². The van der Waals surface area contributed by atoms with Gasteiger partial charge >= 0.3 is 5.97 Å². The molecular formula is C10H12O4. The summed E-state index contributed by atoms with van der Waals surface area (Å²) in [6, 6.07) is 0. The molecule has 76 valence electrons. The molecule has 2 heterocycles. The molecule has 14 heavy (non-hydrogen) atoms. The van der Waals surface area contributed by atoms with Crippen LogP contribution in [-0.4, -0.2) is 17.7 Å². The van der Waals surface area contributed by atoms with Crippen LogP contribution in [0.1, 0.15) is 22.6 Å². The van der Waals surface area contributed by atoms with Gasteiger partial charge in [0.05, 0.1) is 13.0 Å². The second-order valence-electron chi connectivity index (χ2n) is 3.41. The third kappa shape index (κ3) is 1.53. The number of ether oxygens (including phenoxy) is 1. The van der Waals surface area contributed by atoms with E-state index in [4.69, 9.17) is 14.3 Å². The highest BCUT2D eigenvalue weighted by atomic mass is 16.5. The lowest BCUT2D eigenvalue weighted by atomic mass is 10.0. The summed E-state index contributed by atoms with van der Waals surface area (Å²) < 4.78 is 10.7. The van der Waals surface area contributed by atoms with Gasteiger partial charge in [-0.25, -0.2) is 0 Å². The zero-order chi connectivity index (χ0) is 10.1. The van der Waals surface area contributed by atoms with Gasteiger partial charge in [-0.3, -0.25) is 4.79 Å². The SMILES string of the molecule is Cc1oc2c(c1CC(=O)O)CCOC2. The number of carboxylic acid groups (broad SMARTS) is 1. The Morgan fingerprint density at radius 3 is 3.07 bits per heavy atom. The summed E-state index contributed by atoms with van der Waals surface area (Å²) in [4.78, 5) is 10.6. The maximum atomic E-state index is 10.6. The van der Waals surface area contributed by atoms with E-state index in [1.54, 1.807) is 6.92 Å². The van der Waals surface area contributed by atoms with Crippen LogP contribution in [0.5, 0.6) is 0 Å². The zero-order valence-electron chi connectivity index (χ0n) is 8.00. The largest absolute Gasteiger partial charge is 0.481 e. The molecule has 0 atom stereocenters. The van der Waals surface area contributed by atoms with Crippen LogP contribution in [0.2, 0.25) is 0 Å². The van der Waals surface area contributed by atoms with Crippen molar-refractivity contribution in [2.45, 2.75) is 26.4 Å². The van der Waals surface area contributed by atoms with E-state index in [-0.39, 0.29) is 6.42 Å². The van der Waals surface area contributed by atoms with Crippen molar-refractivity contribution in [3.05, 3.63) is 22.6 Å². The van der Waals surface area contributed by atoms with Gasteiger partial charge in [0, 0.05) is 11.1 Å². The van der Waals surface area contributed by atoms with E-state index in [0.29, 0.717) is 19.0 Å². The van der Waals surface area contributed by atoms with Gasteiger partial charge in [-0.2, -0.15) is 0 Å². The number of aryl methyl sites for hydroxylation is 1. The monoisotopic (exact) mass is 196 g/mol. The number of fused-ring (bicyclic) bond motifs is 1. The molecule has 0 bridgehead atoms. The van der Waals surface area contributed by atoms with Crippen molar-refractivity contribution in [1.82, 2.24) is 0 Å². The first-order valence-corrected chi connectivity index (χ1v) is 4.58. The van der Waals surface area contributed by atoms with E-state index in [2.05, 4.69) is 0 Å². The standard InChI is InChI=1S/C10H12O4/c1-6-8(4-10(11)12)7-2-3-13-5-9(7)14-6/h2-5H2,1H3,(H,11,12). The molecule has 1 aromatic heterocycles. The van der Waals surface area contributed by atoms with Gasteiger partial charge in [0.15, 0.2) is 0 Å². The molecule has 4 heteroatoms. The molecule has 4 nitrogen and oxygen atoms in total. The maximum absolute atomic E-state index is 10.6. The molecule has 0 saturated carbocycles. The van der Waals surface area contributed by atoms with E-state index in [1.165, 1.54) is 0 Å². The fourth-order valence-electron chi connectivity index (χ4n) is 1.82. The Morgan fingerprint density at radius 2 is 2.36 bits per heavy atom. The number of hydrogen-bond acceptors (Lipinski definition) is 3. The number of carbonyl (C=O) groups is 1. The van der Waals surface area contributed by atoms with Crippen LogP contribution in [0.15, 0.2) is 4.42 Å². The first-order valence-electron chi connectivity index (χ1n) is 4.58. The summed E-state index contributed by atoms with van der Waals surface area (Å²) in [5, 5.41) is 8.74. The van der Waals surface area contributed by atoms with Gasteiger partial charge < -0.3 is 14.3 Å². The van der Waals surface area contributed by atoms with Crippen molar-refractivity contribution in [3.8, 4) is 0 Å². The van der Waals surface area contributed by atoms with Gasteiger partial charge in [0.1, 0.15) is 18.1 Å². The van der Waals surface area contributed by atoms with E-state index < -0.39 is 5.97 Å².